The number of nitrogens with zero attached hydrogens (tertiary/aromatic N) is 2. The molecule has 0 fully saturated rings. The molecule has 2 aromatic carbocycles. The molecule has 7 heteroatoms. The first-order valence-corrected chi connectivity index (χ1v) is 12.6. The van der Waals surface area contributed by atoms with Crippen molar-refractivity contribution in [3.63, 3.8) is 0 Å². The summed E-state index contributed by atoms with van der Waals surface area (Å²) < 4.78 is 13.4. The van der Waals surface area contributed by atoms with Crippen LogP contribution in [0.3, 0.4) is 0 Å². The lowest BCUT2D eigenvalue weighted by atomic mass is 10.1. The Morgan fingerprint density at radius 2 is 1.71 bits per heavy atom. The number of carbonyl (C=O) groups excluding carboxylic acids is 2. The van der Waals surface area contributed by atoms with E-state index >= 15 is 0 Å². The van der Waals surface area contributed by atoms with E-state index in [1.54, 1.807) is 57.5 Å². The molecule has 0 unspecified atom stereocenters. The second-order valence-electron chi connectivity index (χ2n) is 8.57. The molecule has 34 heavy (non-hydrogen) atoms. The second-order valence-corrected chi connectivity index (χ2v) is 10.3. The van der Waals surface area contributed by atoms with Gasteiger partial charge in [-0.1, -0.05) is 56.1 Å². The number of amides is 2. The smallest absolute Gasteiger partial charge is 0.255 e. The zero-order chi connectivity index (χ0) is 24.7. The van der Waals surface area contributed by atoms with Gasteiger partial charge in [0.15, 0.2) is 0 Å². The van der Waals surface area contributed by atoms with E-state index in [1.807, 2.05) is 19.1 Å². The largest absolute Gasteiger partial charge is 0.332 e. The minimum Gasteiger partial charge on any atom is -0.332 e. The van der Waals surface area contributed by atoms with Crippen molar-refractivity contribution in [2.45, 2.75) is 40.3 Å². The molecule has 1 aromatic heterocycles. The van der Waals surface area contributed by atoms with E-state index in [2.05, 4.69) is 13.8 Å². The van der Waals surface area contributed by atoms with Crippen LogP contribution < -0.4 is 0 Å². The summed E-state index contributed by atoms with van der Waals surface area (Å²) in [7, 11) is 0. The van der Waals surface area contributed by atoms with Crippen molar-refractivity contribution in [3.8, 4) is 0 Å². The van der Waals surface area contributed by atoms with Gasteiger partial charge in [0.1, 0.15) is 12.4 Å². The molecular weight excluding hydrogens is 471 g/mol. The molecule has 4 nitrogen and oxygen atoms in total. The number of benzene rings is 2. The van der Waals surface area contributed by atoms with Gasteiger partial charge in [0.25, 0.3) is 5.91 Å². The van der Waals surface area contributed by atoms with E-state index in [0.717, 1.165) is 21.7 Å². The molecule has 3 aromatic rings. The van der Waals surface area contributed by atoms with E-state index in [9.17, 15) is 14.0 Å². The van der Waals surface area contributed by atoms with Gasteiger partial charge in [-0.05, 0) is 54.8 Å². The van der Waals surface area contributed by atoms with Gasteiger partial charge in [0, 0.05) is 22.8 Å². The molecule has 0 aliphatic rings. The molecule has 0 spiro atoms. The highest BCUT2D eigenvalue weighted by atomic mass is 35.5. The standard InChI is InChI=1S/C27H30ClFN2O2S/c1-4-19(2)15-31(27(33)24-7-5-6-8-25(24)28)18-26(32)30(17-23-14-9-20(3)34-23)16-21-10-12-22(29)13-11-21/h5-14,19H,4,15-18H2,1-3H3/t19-/m1/s1. The molecule has 180 valence electrons. The quantitative estimate of drug-likeness (QED) is 0.316. The Morgan fingerprint density at radius 3 is 2.32 bits per heavy atom. The Kier molecular flexibility index (Phi) is 9.25. The van der Waals surface area contributed by atoms with Crippen LogP contribution in [0.4, 0.5) is 4.39 Å². The van der Waals surface area contributed by atoms with Gasteiger partial charge < -0.3 is 9.80 Å². The van der Waals surface area contributed by atoms with Crippen molar-refractivity contribution < 1.29 is 14.0 Å². The molecule has 0 saturated carbocycles. The molecule has 0 saturated heterocycles. The van der Waals surface area contributed by atoms with E-state index < -0.39 is 0 Å². The number of hydrogen-bond acceptors (Lipinski definition) is 3. The lowest BCUT2D eigenvalue weighted by molar-refractivity contribution is -0.133. The Morgan fingerprint density at radius 1 is 1.00 bits per heavy atom. The fourth-order valence-electron chi connectivity index (χ4n) is 3.59. The maximum atomic E-state index is 13.6. The minimum absolute atomic E-state index is 0.0556. The van der Waals surface area contributed by atoms with Crippen LogP contribution in [0.15, 0.2) is 60.7 Å². The van der Waals surface area contributed by atoms with Crippen molar-refractivity contribution in [1.82, 2.24) is 9.80 Å². The number of carbonyl (C=O) groups is 2. The van der Waals surface area contributed by atoms with Gasteiger partial charge in [0.2, 0.25) is 5.91 Å². The minimum atomic E-state index is -0.319. The highest BCUT2D eigenvalue weighted by molar-refractivity contribution is 7.11. The van der Waals surface area contributed by atoms with Gasteiger partial charge in [-0.3, -0.25) is 9.59 Å². The van der Waals surface area contributed by atoms with Crippen molar-refractivity contribution in [3.05, 3.63) is 92.4 Å². The summed E-state index contributed by atoms with van der Waals surface area (Å²) in [4.78, 5) is 32.5. The molecule has 0 radical (unpaired) electrons. The maximum absolute atomic E-state index is 13.6. The normalized spacial score (nSPS) is 11.8. The van der Waals surface area contributed by atoms with Crippen LogP contribution in [0, 0.1) is 18.7 Å². The highest BCUT2D eigenvalue weighted by Crippen LogP contribution is 2.21. The molecule has 2 amide bonds. The first-order chi connectivity index (χ1) is 16.3. The third-order valence-corrected chi connectivity index (χ3v) is 7.04. The number of halogens is 2. The van der Waals surface area contributed by atoms with Crippen LogP contribution in [0.2, 0.25) is 5.02 Å². The van der Waals surface area contributed by atoms with Gasteiger partial charge in [-0.15, -0.1) is 11.3 Å². The van der Waals surface area contributed by atoms with Gasteiger partial charge >= 0.3 is 0 Å². The predicted molar refractivity (Wildman–Crippen MR) is 137 cm³/mol. The monoisotopic (exact) mass is 500 g/mol. The molecule has 0 N–H and O–H groups in total. The number of aryl methyl sites for hydroxylation is 1. The van der Waals surface area contributed by atoms with Crippen molar-refractivity contribution in [1.29, 1.82) is 0 Å². The van der Waals surface area contributed by atoms with Gasteiger partial charge in [-0.25, -0.2) is 4.39 Å². The van der Waals surface area contributed by atoms with Crippen LogP contribution >= 0.6 is 22.9 Å². The zero-order valence-electron chi connectivity index (χ0n) is 19.8. The van der Waals surface area contributed by atoms with Gasteiger partial charge in [0.05, 0.1) is 17.1 Å². The lowest BCUT2D eigenvalue weighted by Gasteiger charge is -2.29. The number of hydrogen-bond donors (Lipinski definition) is 0. The summed E-state index contributed by atoms with van der Waals surface area (Å²) in [6, 6.07) is 17.1. The molecular formula is C27H30ClFN2O2S. The first kappa shape index (κ1) is 25.9. The number of thiophene rings is 1. The van der Waals surface area contributed by atoms with E-state index in [0.29, 0.717) is 30.2 Å². The average Bonchev–Trinajstić information content (AvgIpc) is 3.23. The molecule has 3 rings (SSSR count). The Balaban J connectivity index is 1.85. The van der Waals surface area contributed by atoms with E-state index in [4.69, 9.17) is 11.6 Å². The third-order valence-electron chi connectivity index (χ3n) is 5.73. The molecule has 0 aliphatic heterocycles. The van der Waals surface area contributed by atoms with Crippen molar-refractivity contribution in [2.24, 2.45) is 5.92 Å². The fraction of sp³-hybridized carbons (Fsp3) is 0.333. The molecule has 0 aliphatic carbocycles. The SMILES string of the molecule is CC[C@@H](C)CN(CC(=O)N(Cc1ccc(F)cc1)Cc1ccc(C)s1)C(=O)c1ccccc1Cl. The Hall–Kier alpha value is -2.70. The zero-order valence-corrected chi connectivity index (χ0v) is 21.3. The van der Waals surface area contributed by atoms with Gasteiger partial charge in [-0.2, -0.15) is 0 Å². The van der Waals surface area contributed by atoms with Crippen molar-refractivity contribution >= 4 is 34.8 Å². The summed E-state index contributed by atoms with van der Waals surface area (Å²) in [6.07, 6.45) is 0.883. The van der Waals surface area contributed by atoms with Crippen LogP contribution in [0.1, 0.15) is 45.9 Å². The van der Waals surface area contributed by atoms with Crippen LogP contribution in [0.5, 0.6) is 0 Å². The summed E-state index contributed by atoms with van der Waals surface area (Å²) in [5, 5.41) is 0.367. The number of rotatable bonds is 10. The molecule has 1 atom stereocenters. The van der Waals surface area contributed by atoms with Crippen molar-refractivity contribution in [2.75, 3.05) is 13.1 Å². The third kappa shape index (κ3) is 7.15. The maximum Gasteiger partial charge on any atom is 0.255 e. The summed E-state index contributed by atoms with van der Waals surface area (Å²) in [5.41, 5.74) is 1.22. The molecule has 1 heterocycles. The average molecular weight is 501 g/mol. The van der Waals surface area contributed by atoms with Crippen LogP contribution in [0.25, 0.3) is 0 Å². The Labute approximate surface area is 210 Å². The first-order valence-electron chi connectivity index (χ1n) is 11.4. The van der Waals surface area contributed by atoms with E-state index in [1.165, 1.54) is 12.1 Å². The molecule has 0 bridgehead atoms. The van der Waals surface area contributed by atoms with Crippen LogP contribution in [-0.2, 0) is 17.9 Å². The predicted octanol–water partition coefficient (Wildman–Crippen LogP) is 6.57. The summed E-state index contributed by atoms with van der Waals surface area (Å²) in [5.74, 6) is -0.516. The highest BCUT2D eigenvalue weighted by Gasteiger charge is 2.25. The lowest BCUT2D eigenvalue weighted by Crippen LogP contribution is -2.44. The fourth-order valence-corrected chi connectivity index (χ4v) is 4.72. The summed E-state index contributed by atoms with van der Waals surface area (Å²) >= 11 is 7.92. The summed E-state index contributed by atoms with van der Waals surface area (Å²) in [6.45, 7) is 7.29. The second kappa shape index (κ2) is 12.1. The van der Waals surface area contributed by atoms with Crippen LogP contribution in [-0.4, -0.2) is 34.7 Å². The Bertz CT molecular complexity index is 1120. The van der Waals surface area contributed by atoms with E-state index in [-0.39, 0.29) is 30.1 Å². The topological polar surface area (TPSA) is 40.6 Å².